The molecular weight excluding hydrogens is 342 g/mol. The molecule has 0 bridgehead atoms. The van der Waals surface area contributed by atoms with Crippen LogP contribution in [-0.2, 0) is 29.6 Å². The molecular formula is C18H25NO5S. The largest absolute Gasteiger partial charge is 0.456 e. The van der Waals surface area contributed by atoms with Gasteiger partial charge in [0, 0.05) is 12.1 Å². The Bertz CT molecular complexity index is 732. The lowest BCUT2D eigenvalue weighted by Crippen LogP contribution is -2.22. The summed E-state index contributed by atoms with van der Waals surface area (Å²) in [5.74, 6) is -1.02. The molecule has 0 spiro atoms. The molecule has 0 aromatic heterocycles. The zero-order valence-corrected chi connectivity index (χ0v) is 15.7. The fourth-order valence-electron chi connectivity index (χ4n) is 2.72. The van der Waals surface area contributed by atoms with Gasteiger partial charge in [0.2, 0.25) is 0 Å². The van der Waals surface area contributed by atoms with Gasteiger partial charge in [-0.2, -0.15) is 0 Å². The highest BCUT2D eigenvalue weighted by Crippen LogP contribution is 2.24. The van der Waals surface area contributed by atoms with E-state index in [1.165, 1.54) is 0 Å². The molecule has 1 aromatic carbocycles. The minimum Gasteiger partial charge on any atom is -0.456 e. The van der Waals surface area contributed by atoms with Crippen molar-refractivity contribution in [3.63, 3.8) is 0 Å². The van der Waals surface area contributed by atoms with Crippen molar-refractivity contribution in [3.05, 3.63) is 29.8 Å². The van der Waals surface area contributed by atoms with Crippen LogP contribution in [0.4, 0.5) is 5.69 Å². The summed E-state index contributed by atoms with van der Waals surface area (Å²) in [5.41, 5.74) is 1.82. The van der Waals surface area contributed by atoms with Crippen LogP contribution in [0.2, 0.25) is 0 Å². The van der Waals surface area contributed by atoms with Gasteiger partial charge in [0.1, 0.15) is 0 Å². The smallest absolute Gasteiger partial charge is 0.306 e. The normalized spacial score (nSPS) is 19.4. The summed E-state index contributed by atoms with van der Waals surface area (Å²) in [6, 6.07) is 7.51. The molecule has 7 heteroatoms. The summed E-state index contributed by atoms with van der Waals surface area (Å²) in [6.45, 7) is 5.94. The van der Waals surface area contributed by atoms with Crippen LogP contribution in [0.3, 0.4) is 0 Å². The second-order valence-corrected chi connectivity index (χ2v) is 9.74. The summed E-state index contributed by atoms with van der Waals surface area (Å²) < 4.78 is 27.7. The molecule has 25 heavy (non-hydrogen) atoms. The molecule has 138 valence electrons. The number of benzene rings is 1. The molecule has 1 aliphatic rings. The Morgan fingerprint density at radius 1 is 1.20 bits per heavy atom. The zero-order chi connectivity index (χ0) is 18.7. The van der Waals surface area contributed by atoms with E-state index < -0.39 is 21.7 Å². The summed E-state index contributed by atoms with van der Waals surface area (Å²) >= 11 is 0. The Labute approximate surface area is 148 Å². The van der Waals surface area contributed by atoms with Crippen LogP contribution in [0.25, 0.3) is 0 Å². The highest BCUT2D eigenvalue weighted by molar-refractivity contribution is 7.91. The van der Waals surface area contributed by atoms with Crippen LogP contribution in [-0.4, -0.2) is 38.4 Å². The second kappa shape index (κ2) is 7.56. The topological polar surface area (TPSA) is 89.5 Å². The minimum absolute atomic E-state index is 0.0222. The Morgan fingerprint density at radius 3 is 2.36 bits per heavy atom. The number of hydrogen-bond donors (Lipinski definition) is 1. The van der Waals surface area contributed by atoms with Crippen LogP contribution in [0.1, 0.15) is 39.2 Å². The first kappa shape index (κ1) is 19.4. The van der Waals surface area contributed by atoms with Gasteiger partial charge in [-0.15, -0.1) is 0 Å². The number of amides is 1. The van der Waals surface area contributed by atoms with E-state index in [0.717, 1.165) is 5.56 Å². The fraction of sp³-hybridized carbons (Fsp3) is 0.556. The molecule has 1 saturated heterocycles. The molecule has 0 aliphatic carbocycles. The lowest BCUT2D eigenvalue weighted by molar-refractivity contribution is -0.148. The Morgan fingerprint density at radius 2 is 1.84 bits per heavy atom. The third kappa shape index (κ3) is 6.16. The Kier molecular flexibility index (Phi) is 5.87. The molecule has 0 unspecified atom stereocenters. The lowest BCUT2D eigenvalue weighted by atomic mass is 9.87. The number of sulfone groups is 1. The van der Waals surface area contributed by atoms with E-state index in [9.17, 15) is 18.0 Å². The minimum atomic E-state index is -3.01. The van der Waals surface area contributed by atoms with Gasteiger partial charge in [-0.05, 0) is 35.4 Å². The molecule has 1 aliphatic heterocycles. The summed E-state index contributed by atoms with van der Waals surface area (Å²) in [6.07, 6.45) is 0.510. The first-order chi connectivity index (χ1) is 11.5. The van der Waals surface area contributed by atoms with E-state index in [1.807, 2.05) is 24.3 Å². The number of rotatable bonds is 5. The van der Waals surface area contributed by atoms with Crippen molar-refractivity contribution in [2.24, 2.45) is 5.92 Å². The summed E-state index contributed by atoms with van der Waals surface area (Å²) in [7, 11) is -3.01. The van der Waals surface area contributed by atoms with Crippen LogP contribution in [0.5, 0.6) is 0 Å². The average Bonchev–Trinajstić information content (AvgIpc) is 2.83. The second-order valence-electron chi connectivity index (χ2n) is 7.51. The average molecular weight is 367 g/mol. The SMILES string of the molecule is CC(C)(C)c1ccc(NC(=O)COC(=O)C[C@@H]2CCS(=O)(=O)C2)cc1. The zero-order valence-electron chi connectivity index (χ0n) is 14.9. The van der Waals surface area contributed by atoms with Crippen LogP contribution in [0.15, 0.2) is 24.3 Å². The van der Waals surface area contributed by atoms with Crippen LogP contribution >= 0.6 is 0 Å². The molecule has 0 radical (unpaired) electrons. The quantitative estimate of drug-likeness (QED) is 0.807. The van der Waals surface area contributed by atoms with Gasteiger partial charge < -0.3 is 10.1 Å². The first-order valence-electron chi connectivity index (χ1n) is 8.31. The van der Waals surface area contributed by atoms with Crippen molar-refractivity contribution < 1.29 is 22.7 Å². The Hall–Kier alpha value is -1.89. The number of anilines is 1. The maximum absolute atomic E-state index is 11.9. The third-order valence-corrected chi connectivity index (χ3v) is 6.02. The molecule has 1 N–H and O–H groups in total. The van der Waals surface area contributed by atoms with E-state index >= 15 is 0 Å². The number of carbonyl (C=O) groups is 2. The van der Waals surface area contributed by atoms with E-state index in [-0.39, 0.29) is 35.9 Å². The summed E-state index contributed by atoms with van der Waals surface area (Å²) in [4.78, 5) is 23.6. The van der Waals surface area contributed by atoms with Crippen molar-refractivity contribution >= 4 is 27.4 Å². The maximum atomic E-state index is 11.9. The molecule has 6 nitrogen and oxygen atoms in total. The van der Waals surface area contributed by atoms with E-state index in [1.54, 1.807) is 0 Å². The Balaban J connectivity index is 1.76. The molecule has 1 fully saturated rings. The van der Waals surface area contributed by atoms with Crippen molar-refractivity contribution in [2.45, 2.75) is 39.0 Å². The first-order valence-corrected chi connectivity index (χ1v) is 10.1. The van der Waals surface area contributed by atoms with Crippen LogP contribution < -0.4 is 5.32 Å². The lowest BCUT2D eigenvalue weighted by Gasteiger charge is -2.19. The predicted octanol–water partition coefficient (Wildman–Crippen LogP) is 2.29. The van der Waals surface area contributed by atoms with E-state index in [0.29, 0.717) is 12.1 Å². The molecule has 1 atom stereocenters. The van der Waals surface area contributed by atoms with Gasteiger partial charge in [0.25, 0.3) is 5.91 Å². The van der Waals surface area contributed by atoms with Gasteiger partial charge in [-0.25, -0.2) is 8.42 Å². The number of carbonyl (C=O) groups excluding carboxylic acids is 2. The highest BCUT2D eigenvalue weighted by Gasteiger charge is 2.30. The van der Waals surface area contributed by atoms with E-state index in [2.05, 4.69) is 26.1 Å². The van der Waals surface area contributed by atoms with Crippen LogP contribution in [0, 0.1) is 5.92 Å². The van der Waals surface area contributed by atoms with Gasteiger partial charge in [-0.3, -0.25) is 9.59 Å². The fourth-order valence-corrected chi connectivity index (χ4v) is 4.59. The van der Waals surface area contributed by atoms with Crippen molar-refractivity contribution in [3.8, 4) is 0 Å². The van der Waals surface area contributed by atoms with Crippen molar-refractivity contribution in [2.75, 3.05) is 23.4 Å². The van der Waals surface area contributed by atoms with Crippen molar-refractivity contribution in [1.82, 2.24) is 0 Å². The predicted molar refractivity (Wildman–Crippen MR) is 96.1 cm³/mol. The molecule has 1 aromatic rings. The van der Waals surface area contributed by atoms with Gasteiger partial charge in [-0.1, -0.05) is 32.9 Å². The molecule has 1 amide bonds. The van der Waals surface area contributed by atoms with Gasteiger partial charge in [0.05, 0.1) is 11.5 Å². The number of nitrogens with one attached hydrogen (secondary N) is 1. The number of hydrogen-bond acceptors (Lipinski definition) is 5. The van der Waals surface area contributed by atoms with Gasteiger partial charge >= 0.3 is 5.97 Å². The van der Waals surface area contributed by atoms with Crippen molar-refractivity contribution in [1.29, 1.82) is 0 Å². The standard InChI is InChI=1S/C18H25NO5S/c1-18(2,3)14-4-6-15(7-5-14)19-16(20)11-24-17(21)10-13-8-9-25(22,23)12-13/h4-7,13H,8-12H2,1-3H3,(H,19,20)/t13-/m0/s1. The number of ether oxygens (including phenoxy) is 1. The number of esters is 1. The highest BCUT2D eigenvalue weighted by atomic mass is 32.2. The maximum Gasteiger partial charge on any atom is 0.306 e. The summed E-state index contributed by atoms with van der Waals surface area (Å²) in [5, 5.41) is 2.67. The third-order valence-electron chi connectivity index (χ3n) is 4.18. The molecule has 1 heterocycles. The van der Waals surface area contributed by atoms with Gasteiger partial charge in [0.15, 0.2) is 16.4 Å². The van der Waals surface area contributed by atoms with E-state index in [4.69, 9.17) is 4.74 Å². The molecule has 2 rings (SSSR count). The molecule has 0 saturated carbocycles. The monoisotopic (exact) mass is 367 g/mol.